The first-order chi connectivity index (χ1) is 13.0. The lowest BCUT2D eigenvalue weighted by atomic mass is 10.1. The summed E-state index contributed by atoms with van der Waals surface area (Å²) in [5.74, 6) is 0.112. The Morgan fingerprint density at radius 1 is 1.30 bits per heavy atom. The van der Waals surface area contributed by atoms with E-state index in [1.807, 2.05) is 13.8 Å². The molecule has 8 heteroatoms. The monoisotopic (exact) mass is 369 g/mol. The van der Waals surface area contributed by atoms with E-state index in [-0.39, 0.29) is 23.7 Å². The maximum atomic E-state index is 13.2. The van der Waals surface area contributed by atoms with Crippen LogP contribution in [-0.2, 0) is 4.74 Å². The molecule has 1 saturated heterocycles. The van der Waals surface area contributed by atoms with Crippen LogP contribution in [0.15, 0.2) is 36.7 Å². The lowest BCUT2D eigenvalue weighted by molar-refractivity contribution is -0.0230. The number of carbonyl (C=O) groups is 1. The summed E-state index contributed by atoms with van der Waals surface area (Å²) in [7, 11) is 0. The molecule has 3 aromatic rings. The number of hydrogen-bond donors (Lipinski definition) is 0. The fourth-order valence-electron chi connectivity index (χ4n) is 3.23. The maximum absolute atomic E-state index is 13.2. The number of rotatable bonds is 3. The highest BCUT2D eigenvalue weighted by atomic mass is 19.1. The van der Waals surface area contributed by atoms with Crippen LogP contribution in [0, 0.1) is 5.82 Å². The van der Waals surface area contributed by atoms with Crippen LogP contribution in [0.5, 0.6) is 0 Å². The third-order valence-electron chi connectivity index (χ3n) is 4.69. The molecule has 0 N–H and O–H groups in total. The molecule has 0 spiro atoms. The first kappa shape index (κ1) is 17.5. The van der Waals surface area contributed by atoms with Crippen molar-refractivity contribution >= 4 is 11.7 Å². The van der Waals surface area contributed by atoms with Gasteiger partial charge >= 0.3 is 0 Å². The van der Waals surface area contributed by atoms with Crippen molar-refractivity contribution in [1.82, 2.24) is 24.5 Å². The molecule has 3 heterocycles. The van der Waals surface area contributed by atoms with Gasteiger partial charge in [0.2, 0.25) is 0 Å². The second kappa shape index (κ2) is 7.03. The molecule has 27 heavy (non-hydrogen) atoms. The Morgan fingerprint density at radius 2 is 2.07 bits per heavy atom. The third kappa shape index (κ3) is 3.40. The molecule has 1 amide bonds. The number of morpholine rings is 1. The predicted octanol–water partition coefficient (Wildman–Crippen LogP) is 2.60. The van der Waals surface area contributed by atoms with Gasteiger partial charge in [0.25, 0.3) is 11.7 Å². The second-order valence-corrected chi connectivity index (χ2v) is 6.85. The van der Waals surface area contributed by atoms with Crippen LogP contribution in [0.25, 0.3) is 5.78 Å². The van der Waals surface area contributed by atoms with Crippen molar-refractivity contribution in [2.45, 2.75) is 25.9 Å². The van der Waals surface area contributed by atoms with Gasteiger partial charge in [-0.15, -0.1) is 0 Å². The van der Waals surface area contributed by atoms with Crippen molar-refractivity contribution in [3.05, 3.63) is 59.4 Å². The van der Waals surface area contributed by atoms with Crippen LogP contribution in [0.1, 0.15) is 47.6 Å². The number of nitrogens with zero attached hydrogens (tertiary/aromatic N) is 5. The highest BCUT2D eigenvalue weighted by Crippen LogP contribution is 2.24. The number of fused-ring (bicyclic) bond motifs is 1. The molecule has 7 nitrogen and oxygen atoms in total. The Bertz CT molecular complexity index is 970. The van der Waals surface area contributed by atoms with Gasteiger partial charge in [-0.3, -0.25) is 4.79 Å². The summed E-state index contributed by atoms with van der Waals surface area (Å²) in [4.78, 5) is 23.3. The summed E-state index contributed by atoms with van der Waals surface area (Å²) in [6.07, 6.45) is 1.14. The highest BCUT2D eigenvalue weighted by Gasteiger charge is 2.28. The van der Waals surface area contributed by atoms with Gasteiger partial charge in [0, 0.05) is 6.54 Å². The summed E-state index contributed by atoms with van der Waals surface area (Å²) in [5.41, 5.74) is 2.07. The van der Waals surface area contributed by atoms with Crippen LogP contribution in [0.2, 0.25) is 0 Å². The number of amides is 1. The normalized spacial score (nSPS) is 17.6. The van der Waals surface area contributed by atoms with E-state index in [1.54, 1.807) is 27.6 Å². The van der Waals surface area contributed by atoms with E-state index >= 15 is 0 Å². The van der Waals surface area contributed by atoms with Crippen molar-refractivity contribution in [2.75, 3.05) is 19.7 Å². The first-order valence-corrected chi connectivity index (χ1v) is 8.90. The quantitative estimate of drug-likeness (QED) is 0.710. The van der Waals surface area contributed by atoms with E-state index < -0.39 is 0 Å². The largest absolute Gasteiger partial charge is 0.370 e. The van der Waals surface area contributed by atoms with Crippen LogP contribution in [-0.4, -0.2) is 50.1 Å². The van der Waals surface area contributed by atoms with Gasteiger partial charge in [0.05, 0.1) is 18.8 Å². The zero-order valence-corrected chi connectivity index (χ0v) is 15.2. The number of ether oxygens (including phenoxy) is 1. The number of carbonyl (C=O) groups excluding carboxylic acids is 1. The van der Waals surface area contributed by atoms with E-state index in [9.17, 15) is 9.18 Å². The van der Waals surface area contributed by atoms with Crippen molar-refractivity contribution in [2.24, 2.45) is 0 Å². The summed E-state index contributed by atoms with van der Waals surface area (Å²) < 4.78 is 20.6. The number of benzene rings is 1. The van der Waals surface area contributed by atoms with Crippen LogP contribution in [0.4, 0.5) is 4.39 Å². The average Bonchev–Trinajstić information content (AvgIpc) is 3.15. The van der Waals surface area contributed by atoms with Crippen LogP contribution in [0.3, 0.4) is 0 Å². The maximum Gasteiger partial charge on any atom is 0.272 e. The van der Waals surface area contributed by atoms with Gasteiger partial charge in [-0.1, -0.05) is 26.0 Å². The van der Waals surface area contributed by atoms with E-state index in [4.69, 9.17) is 4.74 Å². The molecule has 140 valence electrons. The Hall–Kier alpha value is -2.87. The summed E-state index contributed by atoms with van der Waals surface area (Å²) >= 11 is 0. The minimum Gasteiger partial charge on any atom is -0.370 e. The predicted molar refractivity (Wildman–Crippen MR) is 95.9 cm³/mol. The molecule has 2 aromatic heterocycles. The minimum atomic E-state index is -0.297. The first-order valence-electron chi connectivity index (χ1n) is 8.90. The Balaban J connectivity index is 1.60. The minimum absolute atomic E-state index is 0.167. The van der Waals surface area contributed by atoms with E-state index in [0.29, 0.717) is 31.2 Å². The molecule has 1 aromatic carbocycles. The molecule has 1 atom stereocenters. The number of aromatic nitrogens is 4. The second-order valence-electron chi connectivity index (χ2n) is 6.85. The van der Waals surface area contributed by atoms with Gasteiger partial charge in [0.1, 0.15) is 23.9 Å². The molecular formula is C19H20FN5O2. The topological polar surface area (TPSA) is 72.6 Å². The zero-order valence-electron chi connectivity index (χ0n) is 15.2. The van der Waals surface area contributed by atoms with Gasteiger partial charge in [-0.25, -0.2) is 13.9 Å². The molecule has 0 unspecified atom stereocenters. The molecule has 0 aliphatic carbocycles. The van der Waals surface area contributed by atoms with Crippen LogP contribution >= 0.6 is 0 Å². The van der Waals surface area contributed by atoms with Gasteiger partial charge < -0.3 is 9.64 Å². The fraction of sp³-hybridized carbons (Fsp3) is 0.368. The van der Waals surface area contributed by atoms with E-state index in [2.05, 4.69) is 15.1 Å². The number of halogens is 1. The summed E-state index contributed by atoms with van der Waals surface area (Å²) in [6.45, 7) is 5.35. The molecule has 1 aliphatic heterocycles. The molecule has 0 radical (unpaired) electrons. The highest BCUT2D eigenvalue weighted by molar-refractivity contribution is 5.93. The molecule has 1 fully saturated rings. The molecule has 1 aliphatic rings. The summed E-state index contributed by atoms with van der Waals surface area (Å²) in [6, 6.07) is 7.94. The molecule has 0 bridgehead atoms. The molecular weight excluding hydrogens is 349 g/mol. The smallest absolute Gasteiger partial charge is 0.272 e. The Morgan fingerprint density at radius 3 is 2.81 bits per heavy atom. The van der Waals surface area contributed by atoms with Crippen molar-refractivity contribution in [1.29, 1.82) is 0 Å². The molecule has 4 rings (SSSR count). The molecule has 0 saturated carbocycles. The Labute approximate surface area is 155 Å². The fourth-order valence-corrected chi connectivity index (χ4v) is 3.23. The van der Waals surface area contributed by atoms with Gasteiger partial charge in [-0.05, 0) is 29.7 Å². The van der Waals surface area contributed by atoms with Crippen LogP contribution < -0.4 is 0 Å². The van der Waals surface area contributed by atoms with Gasteiger partial charge in [-0.2, -0.15) is 10.1 Å². The van der Waals surface area contributed by atoms with E-state index in [0.717, 1.165) is 11.3 Å². The van der Waals surface area contributed by atoms with Crippen molar-refractivity contribution in [3.63, 3.8) is 0 Å². The third-order valence-corrected chi connectivity index (χ3v) is 4.69. The lowest BCUT2D eigenvalue weighted by Gasteiger charge is -2.33. The standard InChI is InChI=1S/C19H20FN5O2/c1-12(2)16-9-15(23-19-21-11-22-25(16)19)18(26)24-7-8-27-17(10-24)13-3-5-14(20)6-4-13/h3-6,9,11-12,17H,7-8,10H2,1-2H3/t17-/m0/s1. The van der Waals surface area contributed by atoms with Crippen molar-refractivity contribution < 1.29 is 13.9 Å². The summed E-state index contributed by atoms with van der Waals surface area (Å²) in [5, 5.41) is 4.18. The Kier molecular flexibility index (Phi) is 4.57. The number of hydrogen-bond acceptors (Lipinski definition) is 5. The lowest BCUT2D eigenvalue weighted by Crippen LogP contribution is -2.42. The van der Waals surface area contributed by atoms with E-state index in [1.165, 1.54) is 18.5 Å². The van der Waals surface area contributed by atoms with Gasteiger partial charge in [0.15, 0.2) is 0 Å². The zero-order chi connectivity index (χ0) is 19.0. The van der Waals surface area contributed by atoms with Crippen molar-refractivity contribution in [3.8, 4) is 0 Å². The SMILES string of the molecule is CC(C)c1cc(C(=O)N2CCO[C@H](c3ccc(F)cc3)C2)nc2ncnn12. The average molecular weight is 369 g/mol.